The van der Waals surface area contributed by atoms with Crippen LogP contribution in [0.15, 0.2) is 12.1 Å². The van der Waals surface area contributed by atoms with Gasteiger partial charge in [-0.25, -0.2) is 9.59 Å². The topological polar surface area (TPSA) is 74.6 Å². The zero-order valence-electron chi connectivity index (χ0n) is 15.3. The van der Waals surface area contributed by atoms with E-state index in [-0.39, 0.29) is 23.0 Å². The van der Waals surface area contributed by atoms with Gasteiger partial charge in [0.25, 0.3) is 0 Å². The number of carbonyl (C=O) groups is 2. The molecule has 134 valence electrons. The molecular weight excluding hydrogens is 304 g/mol. The molecule has 0 aliphatic rings. The van der Waals surface area contributed by atoms with Gasteiger partial charge in [-0.1, -0.05) is 46.6 Å². The van der Waals surface area contributed by atoms with Crippen LogP contribution in [0.3, 0.4) is 0 Å². The van der Waals surface area contributed by atoms with E-state index in [1.807, 2.05) is 13.8 Å². The maximum absolute atomic E-state index is 12.1. The first-order chi connectivity index (χ1) is 11.4. The number of benzene rings is 1. The molecule has 0 saturated heterocycles. The Balaban J connectivity index is 3.70. The highest BCUT2D eigenvalue weighted by Crippen LogP contribution is 2.37. The van der Waals surface area contributed by atoms with Crippen LogP contribution in [0.2, 0.25) is 0 Å². The Labute approximate surface area is 144 Å². The van der Waals surface area contributed by atoms with E-state index in [0.717, 1.165) is 44.1 Å². The van der Waals surface area contributed by atoms with E-state index in [1.165, 1.54) is 0 Å². The van der Waals surface area contributed by atoms with Crippen molar-refractivity contribution in [3.05, 3.63) is 34.4 Å². The van der Waals surface area contributed by atoms with E-state index in [4.69, 9.17) is 0 Å². The van der Waals surface area contributed by atoms with Crippen LogP contribution < -0.4 is 0 Å². The van der Waals surface area contributed by atoms with E-state index in [1.54, 1.807) is 12.1 Å². The Morgan fingerprint density at radius 2 is 1.42 bits per heavy atom. The van der Waals surface area contributed by atoms with Crippen molar-refractivity contribution in [1.29, 1.82) is 0 Å². The average Bonchev–Trinajstić information content (AvgIpc) is 2.56. The van der Waals surface area contributed by atoms with Crippen LogP contribution in [-0.2, 0) is 0 Å². The Morgan fingerprint density at radius 3 is 1.83 bits per heavy atom. The molecule has 0 aromatic heterocycles. The molecule has 0 fully saturated rings. The van der Waals surface area contributed by atoms with Gasteiger partial charge in [0, 0.05) is 0 Å². The molecule has 0 radical (unpaired) electrons. The molecule has 1 aromatic rings. The first kappa shape index (κ1) is 20.2. The molecule has 4 heteroatoms. The number of hydrogen-bond donors (Lipinski definition) is 2. The number of hydrogen-bond acceptors (Lipinski definition) is 2. The Kier molecular flexibility index (Phi) is 7.96. The third-order valence-electron chi connectivity index (χ3n) is 4.83. The third kappa shape index (κ3) is 4.37. The molecule has 4 nitrogen and oxygen atoms in total. The van der Waals surface area contributed by atoms with Gasteiger partial charge in [-0.15, -0.1) is 0 Å². The molecular formula is C20H30O4. The first-order valence-electron chi connectivity index (χ1n) is 9.05. The molecule has 0 bridgehead atoms. The number of carboxylic acids is 2. The summed E-state index contributed by atoms with van der Waals surface area (Å²) < 4.78 is 0. The smallest absolute Gasteiger partial charge is 0.336 e. The van der Waals surface area contributed by atoms with Crippen molar-refractivity contribution >= 4 is 11.9 Å². The Morgan fingerprint density at radius 1 is 0.875 bits per heavy atom. The lowest BCUT2D eigenvalue weighted by Gasteiger charge is -2.25. The summed E-state index contributed by atoms with van der Waals surface area (Å²) >= 11 is 0. The van der Waals surface area contributed by atoms with Crippen molar-refractivity contribution in [3.63, 3.8) is 0 Å². The summed E-state index contributed by atoms with van der Waals surface area (Å²) in [5.41, 5.74) is 1.69. The van der Waals surface area contributed by atoms with Crippen LogP contribution in [-0.4, -0.2) is 22.2 Å². The van der Waals surface area contributed by atoms with E-state index in [9.17, 15) is 19.8 Å². The monoisotopic (exact) mass is 334 g/mol. The van der Waals surface area contributed by atoms with Crippen LogP contribution >= 0.6 is 0 Å². The fraction of sp³-hybridized carbons (Fsp3) is 0.600. The largest absolute Gasteiger partial charge is 0.478 e. The highest BCUT2D eigenvalue weighted by molar-refractivity contribution is 5.98. The van der Waals surface area contributed by atoms with Gasteiger partial charge in [0.2, 0.25) is 0 Å². The highest BCUT2D eigenvalue weighted by Gasteiger charge is 2.28. The van der Waals surface area contributed by atoms with Crippen molar-refractivity contribution in [2.24, 2.45) is 0 Å². The predicted molar refractivity (Wildman–Crippen MR) is 96.2 cm³/mol. The van der Waals surface area contributed by atoms with Gasteiger partial charge in [-0.2, -0.15) is 0 Å². The van der Waals surface area contributed by atoms with E-state index in [0.29, 0.717) is 5.56 Å². The zero-order valence-corrected chi connectivity index (χ0v) is 15.3. The average molecular weight is 334 g/mol. The molecule has 0 heterocycles. The summed E-state index contributed by atoms with van der Waals surface area (Å²) in [6, 6.07) is 3.33. The van der Waals surface area contributed by atoms with Crippen molar-refractivity contribution in [2.75, 3.05) is 0 Å². The molecule has 1 aromatic carbocycles. The number of carboxylic acid groups (broad SMARTS) is 2. The lowest BCUT2D eigenvalue weighted by atomic mass is 9.79. The second-order valence-corrected chi connectivity index (χ2v) is 6.39. The molecule has 0 amide bonds. The fourth-order valence-electron chi connectivity index (χ4n) is 3.65. The normalized spacial score (nSPS) is 13.5. The maximum atomic E-state index is 12.1. The van der Waals surface area contributed by atoms with Crippen LogP contribution in [0, 0.1) is 0 Å². The predicted octanol–water partition coefficient (Wildman–Crippen LogP) is 5.67. The van der Waals surface area contributed by atoms with Crippen molar-refractivity contribution in [2.45, 2.75) is 78.1 Å². The van der Waals surface area contributed by atoms with Crippen LogP contribution in [0.4, 0.5) is 0 Å². The summed E-state index contributed by atoms with van der Waals surface area (Å²) in [6.45, 7) is 8.18. The molecule has 0 aliphatic carbocycles. The minimum Gasteiger partial charge on any atom is -0.478 e. The van der Waals surface area contributed by atoms with Gasteiger partial charge in [0.15, 0.2) is 0 Å². The second kappa shape index (κ2) is 9.45. The number of aromatic carboxylic acids is 2. The van der Waals surface area contributed by atoms with E-state index < -0.39 is 11.9 Å². The Hall–Kier alpha value is -1.84. The molecule has 0 spiro atoms. The first-order valence-corrected chi connectivity index (χ1v) is 9.05. The van der Waals surface area contributed by atoms with Gasteiger partial charge in [0.05, 0.1) is 11.1 Å². The number of rotatable bonds is 10. The van der Waals surface area contributed by atoms with Crippen LogP contribution in [0.1, 0.15) is 110 Å². The molecule has 2 unspecified atom stereocenters. The zero-order chi connectivity index (χ0) is 18.3. The van der Waals surface area contributed by atoms with Gasteiger partial charge < -0.3 is 10.2 Å². The van der Waals surface area contributed by atoms with Gasteiger partial charge >= 0.3 is 11.9 Å². The van der Waals surface area contributed by atoms with Crippen molar-refractivity contribution in [3.8, 4) is 0 Å². The highest BCUT2D eigenvalue weighted by atomic mass is 16.4. The molecule has 2 N–H and O–H groups in total. The quantitative estimate of drug-likeness (QED) is 0.578. The molecule has 24 heavy (non-hydrogen) atoms. The van der Waals surface area contributed by atoms with Crippen molar-refractivity contribution < 1.29 is 19.8 Å². The fourth-order valence-corrected chi connectivity index (χ4v) is 3.65. The van der Waals surface area contributed by atoms with Crippen LogP contribution in [0.5, 0.6) is 0 Å². The lowest BCUT2D eigenvalue weighted by molar-refractivity contribution is 0.0692. The van der Waals surface area contributed by atoms with Gasteiger partial charge in [0.1, 0.15) is 0 Å². The molecule has 0 aliphatic heterocycles. The van der Waals surface area contributed by atoms with Crippen molar-refractivity contribution in [1.82, 2.24) is 0 Å². The maximum Gasteiger partial charge on any atom is 0.336 e. The standard InChI is InChI=1S/C20H30O4/c1-5-9-13(7-3)15-11-12-16(19(21)22)17(18(15)20(23)24)14(8-4)10-6-2/h11-14H,5-10H2,1-4H3,(H,21,22)(H,23,24). The van der Waals surface area contributed by atoms with Gasteiger partial charge in [-0.05, 0) is 54.7 Å². The summed E-state index contributed by atoms with van der Waals surface area (Å²) in [6.07, 6.45) is 5.16. The van der Waals surface area contributed by atoms with E-state index >= 15 is 0 Å². The third-order valence-corrected chi connectivity index (χ3v) is 4.83. The summed E-state index contributed by atoms with van der Waals surface area (Å²) in [5, 5.41) is 19.5. The molecule has 0 saturated carbocycles. The summed E-state index contributed by atoms with van der Waals surface area (Å²) in [5.74, 6) is -1.93. The van der Waals surface area contributed by atoms with Crippen LogP contribution in [0.25, 0.3) is 0 Å². The second-order valence-electron chi connectivity index (χ2n) is 6.39. The Bertz CT molecular complexity index is 577. The summed E-state index contributed by atoms with van der Waals surface area (Å²) in [7, 11) is 0. The minimum atomic E-state index is -1.04. The minimum absolute atomic E-state index is 0.0358. The molecule has 1 rings (SSSR count). The molecule has 2 atom stereocenters. The van der Waals surface area contributed by atoms with E-state index in [2.05, 4.69) is 13.8 Å². The SMILES string of the molecule is CCCC(CC)c1ccc(C(=O)O)c(C(CC)CCC)c1C(=O)O. The lowest BCUT2D eigenvalue weighted by Crippen LogP contribution is -2.18. The van der Waals surface area contributed by atoms with Gasteiger partial charge in [-0.3, -0.25) is 0 Å². The summed E-state index contributed by atoms with van der Waals surface area (Å²) in [4.78, 5) is 23.8.